The molecule has 0 aliphatic heterocycles. The minimum absolute atomic E-state index is 0.00579. The topological polar surface area (TPSA) is 49.3 Å². The fraction of sp³-hybridized carbons (Fsp3) is 0.917. The van der Waals surface area contributed by atoms with E-state index in [1.807, 2.05) is 13.8 Å². The van der Waals surface area contributed by atoms with E-state index in [9.17, 15) is 9.90 Å². The van der Waals surface area contributed by atoms with Crippen molar-refractivity contribution in [2.45, 2.75) is 63.5 Å². The Kier molecular flexibility index (Phi) is 2.53. The number of hydrogen-bond donors (Lipinski definition) is 2. The van der Waals surface area contributed by atoms with E-state index in [1.165, 1.54) is 0 Å². The first-order valence-electron chi connectivity index (χ1n) is 5.99. The van der Waals surface area contributed by atoms with E-state index in [1.54, 1.807) is 0 Å². The lowest BCUT2D eigenvalue weighted by Crippen LogP contribution is -2.59. The quantitative estimate of drug-likeness (QED) is 0.729. The summed E-state index contributed by atoms with van der Waals surface area (Å²) in [6.45, 7) is 3.85. The van der Waals surface area contributed by atoms with Crippen molar-refractivity contribution in [2.75, 3.05) is 0 Å². The van der Waals surface area contributed by atoms with E-state index in [4.69, 9.17) is 0 Å². The van der Waals surface area contributed by atoms with Gasteiger partial charge in [-0.1, -0.05) is 13.8 Å². The smallest absolute Gasteiger partial charge is 0.222 e. The van der Waals surface area contributed by atoms with Crippen LogP contribution in [0.4, 0.5) is 0 Å². The van der Waals surface area contributed by atoms with Crippen molar-refractivity contribution < 1.29 is 9.90 Å². The second-order valence-corrected chi connectivity index (χ2v) is 5.65. The van der Waals surface area contributed by atoms with Gasteiger partial charge in [0, 0.05) is 11.5 Å². The van der Waals surface area contributed by atoms with Crippen LogP contribution in [0.3, 0.4) is 0 Å². The van der Waals surface area contributed by atoms with E-state index >= 15 is 0 Å². The van der Waals surface area contributed by atoms with Gasteiger partial charge in [0.25, 0.3) is 0 Å². The highest BCUT2D eigenvalue weighted by atomic mass is 16.3. The SMILES string of the molecule is CC(C)C(=O)NC12CCC(O)(CC1)CC2. The van der Waals surface area contributed by atoms with Gasteiger partial charge in [0.15, 0.2) is 0 Å². The van der Waals surface area contributed by atoms with E-state index < -0.39 is 5.60 Å². The standard InChI is InChI=1S/C12H21NO2/c1-9(2)10(14)13-11-3-6-12(15,7-4-11)8-5-11/h9,15H,3-8H2,1-2H3,(H,13,14). The van der Waals surface area contributed by atoms with Gasteiger partial charge in [-0.2, -0.15) is 0 Å². The minimum Gasteiger partial charge on any atom is -0.390 e. The highest BCUT2D eigenvalue weighted by Crippen LogP contribution is 2.46. The zero-order valence-corrected chi connectivity index (χ0v) is 9.68. The first-order valence-corrected chi connectivity index (χ1v) is 5.99. The van der Waals surface area contributed by atoms with Gasteiger partial charge in [-0.15, -0.1) is 0 Å². The Morgan fingerprint density at radius 1 is 1.13 bits per heavy atom. The van der Waals surface area contributed by atoms with Crippen LogP contribution in [0.15, 0.2) is 0 Å². The number of carbonyl (C=O) groups excluding carboxylic acids is 1. The average molecular weight is 211 g/mol. The molecule has 0 aromatic rings. The monoisotopic (exact) mass is 211 g/mol. The predicted molar refractivity (Wildman–Crippen MR) is 58.4 cm³/mol. The second kappa shape index (κ2) is 3.48. The lowest BCUT2D eigenvalue weighted by Gasteiger charge is -2.51. The third-order valence-corrected chi connectivity index (χ3v) is 4.12. The average Bonchev–Trinajstić information content (AvgIpc) is 2.20. The Labute approximate surface area is 91.2 Å². The first-order chi connectivity index (χ1) is 6.95. The van der Waals surface area contributed by atoms with Crippen LogP contribution in [0.5, 0.6) is 0 Å². The molecule has 3 aliphatic rings. The molecule has 1 amide bonds. The summed E-state index contributed by atoms with van der Waals surface area (Å²) < 4.78 is 0. The van der Waals surface area contributed by atoms with Crippen molar-refractivity contribution in [3.8, 4) is 0 Å². The Hall–Kier alpha value is -0.570. The van der Waals surface area contributed by atoms with Crippen LogP contribution < -0.4 is 5.32 Å². The molecule has 0 spiro atoms. The fourth-order valence-corrected chi connectivity index (χ4v) is 2.76. The Bertz CT molecular complexity index is 248. The summed E-state index contributed by atoms with van der Waals surface area (Å²) in [5, 5.41) is 13.2. The van der Waals surface area contributed by atoms with Crippen molar-refractivity contribution >= 4 is 5.91 Å². The van der Waals surface area contributed by atoms with Gasteiger partial charge in [0.05, 0.1) is 5.60 Å². The van der Waals surface area contributed by atoms with Gasteiger partial charge < -0.3 is 10.4 Å². The van der Waals surface area contributed by atoms with Gasteiger partial charge in [0.2, 0.25) is 5.91 Å². The highest BCUT2D eigenvalue weighted by Gasteiger charge is 2.48. The van der Waals surface area contributed by atoms with Crippen LogP contribution in [0.25, 0.3) is 0 Å². The molecular formula is C12H21NO2. The molecule has 0 saturated heterocycles. The van der Waals surface area contributed by atoms with Crippen LogP contribution in [-0.4, -0.2) is 22.2 Å². The summed E-state index contributed by atoms with van der Waals surface area (Å²) in [7, 11) is 0. The number of rotatable bonds is 2. The number of aliphatic hydroxyl groups is 1. The molecule has 0 aromatic heterocycles. The van der Waals surface area contributed by atoms with Crippen molar-refractivity contribution in [2.24, 2.45) is 5.92 Å². The van der Waals surface area contributed by atoms with Crippen LogP contribution in [0.2, 0.25) is 0 Å². The molecule has 0 radical (unpaired) electrons. The van der Waals surface area contributed by atoms with Gasteiger partial charge in [-0.05, 0) is 38.5 Å². The first kappa shape index (κ1) is 10.9. The molecule has 2 bridgehead atoms. The molecule has 15 heavy (non-hydrogen) atoms. The van der Waals surface area contributed by atoms with Crippen LogP contribution in [0.1, 0.15) is 52.4 Å². The van der Waals surface area contributed by atoms with Crippen molar-refractivity contribution in [3.05, 3.63) is 0 Å². The van der Waals surface area contributed by atoms with Crippen LogP contribution in [0, 0.1) is 5.92 Å². The third kappa shape index (κ3) is 2.03. The summed E-state index contributed by atoms with van der Waals surface area (Å²) in [5.74, 6) is 0.212. The third-order valence-electron chi connectivity index (χ3n) is 4.12. The molecule has 86 valence electrons. The van der Waals surface area contributed by atoms with Crippen LogP contribution in [-0.2, 0) is 4.79 Å². The maximum atomic E-state index is 11.7. The maximum Gasteiger partial charge on any atom is 0.222 e. The molecule has 3 aliphatic carbocycles. The molecule has 3 rings (SSSR count). The van der Waals surface area contributed by atoms with Crippen molar-refractivity contribution in [1.82, 2.24) is 5.32 Å². The molecule has 3 fully saturated rings. The zero-order chi connectivity index (χ0) is 11.1. The fourth-order valence-electron chi connectivity index (χ4n) is 2.76. The lowest BCUT2D eigenvalue weighted by atomic mass is 9.63. The number of nitrogens with one attached hydrogen (secondary N) is 1. The normalized spacial score (nSPS) is 39.5. The molecule has 2 N–H and O–H groups in total. The number of amides is 1. The highest BCUT2D eigenvalue weighted by molar-refractivity contribution is 5.78. The number of carbonyl (C=O) groups is 1. The van der Waals surface area contributed by atoms with E-state index in [0.717, 1.165) is 38.5 Å². The molecule has 3 saturated carbocycles. The van der Waals surface area contributed by atoms with Crippen molar-refractivity contribution in [1.29, 1.82) is 0 Å². The molecule has 3 nitrogen and oxygen atoms in total. The Morgan fingerprint density at radius 2 is 1.60 bits per heavy atom. The summed E-state index contributed by atoms with van der Waals surface area (Å²) in [6.07, 6.45) is 5.40. The van der Waals surface area contributed by atoms with Crippen LogP contribution >= 0.6 is 0 Å². The summed E-state index contributed by atoms with van der Waals surface area (Å²) in [4.78, 5) is 11.7. The molecule has 0 atom stereocenters. The predicted octanol–water partition coefficient (Wildman–Crippen LogP) is 1.60. The summed E-state index contributed by atoms with van der Waals surface area (Å²) in [5.41, 5.74) is -0.407. The molecule has 0 heterocycles. The largest absolute Gasteiger partial charge is 0.390 e. The molecular weight excluding hydrogens is 190 g/mol. The molecule has 3 heteroatoms. The van der Waals surface area contributed by atoms with E-state index in [0.29, 0.717) is 0 Å². The Balaban J connectivity index is 2.01. The van der Waals surface area contributed by atoms with Crippen molar-refractivity contribution in [3.63, 3.8) is 0 Å². The number of fused-ring (bicyclic) bond motifs is 3. The summed E-state index contributed by atoms with van der Waals surface area (Å²) in [6, 6.07) is 0. The van der Waals surface area contributed by atoms with Gasteiger partial charge in [-0.25, -0.2) is 0 Å². The molecule has 0 aromatic carbocycles. The lowest BCUT2D eigenvalue weighted by molar-refractivity contribution is -0.131. The zero-order valence-electron chi connectivity index (χ0n) is 9.68. The van der Waals surface area contributed by atoms with Gasteiger partial charge in [0.1, 0.15) is 0 Å². The second-order valence-electron chi connectivity index (χ2n) is 5.65. The number of hydrogen-bond acceptors (Lipinski definition) is 2. The van der Waals surface area contributed by atoms with Gasteiger partial charge in [-0.3, -0.25) is 4.79 Å². The van der Waals surface area contributed by atoms with Gasteiger partial charge >= 0.3 is 0 Å². The minimum atomic E-state index is -0.412. The summed E-state index contributed by atoms with van der Waals surface area (Å²) >= 11 is 0. The van der Waals surface area contributed by atoms with E-state index in [-0.39, 0.29) is 17.4 Å². The van der Waals surface area contributed by atoms with E-state index in [2.05, 4.69) is 5.32 Å². The maximum absolute atomic E-state index is 11.7. The molecule has 0 unspecified atom stereocenters. The Morgan fingerprint density at radius 3 is 2.00 bits per heavy atom.